The molecule has 7 heteroatoms. The second kappa shape index (κ2) is 4.43. The van der Waals surface area contributed by atoms with Crippen LogP contribution >= 0.6 is 0 Å². The largest absolute Gasteiger partial charge is 0.492 e. The molecular formula is C8H13NO5S. The van der Waals surface area contributed by atoms with Crippen LogP contribution in [0.4, 0.5) is 0 Å². The molecule has 0 radical (unpaired) electrons. The summed E-state index contributed by atoms with van der Waals surface area (Å²) in [7, 11) is -3.77. The summed E-state index contributed by atoms with van der Waals surface area (Å²) in [5, 5.41) is 18.3. The highest BCUT2D eigenvalue weighted by atomic mass is 32.2. The van der Waals surface area contributed by atoms with Gasteiger partial charge < -0.3 is 10.2 Å². The number of hydrogen-bond donors (Lipinski definition) is 2. The van der Waals surface area contributed by atoms with Gasteiger partial charge in [-0.15, -0.1) is 0 Å². The number of aromatic nitrogens is 1. The lowest BCUT2D eigenvalue weighted by molar-refractivity contribution is 0.203. The Morgan fingerprint density at radius 2 is 1.87 bits per heavy atom. The Morgan fingerprint density at radius 3 is 2.33 bits per heavy atom. The monoisotopic (exact) mass is 235 g/mol. The van der Waals surface area contributed by atoms with Gasteiger partial charge in [-0.2, -0.15) is 8.42 Å². The molecule has 1 aromatic heterocycles. The topological polar surface area (TPSA) is 88.8 Å². The Labute approximate surface area is 87.8 Å². The third-order valence-electron chi connectivity index (χ3n) is 1.73. The lowest BCUT2D eigenvalue weighted by Crippen LogP contribution is -2.22. The van der Waals surface area contributed by atoms with Crippen LogP contribution < -0.4 is 4.28 Å². The number of rotatable bonds is 5. The zero-order chi connectivity index (χ0) is 11.5. The summed E-state index contributed by atoms with van der Waals surface area (Å²) in [6, 6.07) is 2.26. The first-order valence-electron chi connectivity index (χ1n) is 4.48. The Bertz CT molecular complexity index is 403. The van der Waals surface area contributed by atoms with Crippen molar-refractivity contribution in [2.45, 2.75) is 19.8 Å². The summed E-state index contributed by atoms with van der Waals surface area (Å²) >= 11 is 0. The van der Waals surface area contributed by atoms with Gasteiger partial charge >= 0.3 is 10.1 Å². The van der Waals surface area contributed by atoms with Gasteiger partial charge in [-0.1, -0.05) is 18.1 Å². The van der Waals surface area contributed by atoms with Gasteiger partial charge in [0, 0.05) is 12.1 Å². The maximum Gasteiger partial charge on any atom is 0.327 e. The molecule has 0 aliphatic carbocycles. The van der Waals surface area contributed by atoms with E-state index in [1.54, 1.807) is 0 Å². The van der Waals surface area contributed by atoms with Gasteiger partial charge in [-0.3, -0.25) is 4.28 Å². The first-order valence-corrected chi connectivity index (χ1v) is 6.06. The average molecular weight is 235 g/mol. The fraction of sp³-hybridized carbons (Fsp3) is 0.500. The van der Waals surface area contributed by atoms with Crippen LogP contribution in [-0.4, -0.2) is 29.1 Å². The molecule has 0 saturated heterocycles. The second-order valence-corrected chi connectivity index (χ2v) is 4.71. The van der Waals surface area contributed by atoms with E-state index < -0.39 is 21.9 Å². The van der Waals surface area contributed by atoms with Gasteiger partial charge in [0.25, 0.3) is 0 Å². The normalized spacial score (nSPS) is 11.5. The summed E-state index contributed by atoms with van der Waals surface area (Å²) in [6.07, 6.45) is 1.18. The van der Waals surface area contributed by atoms with Crippen molar-refractivity contribution in [3.63, 3.8) is 0 Å². The van der Waals surface area contributed by atoms with Gasteiger partial charge in [-0.05, 0) is 6.42 Å². The van der Waals surface area contributed by atoms with Gasteiger partial charge in [0.05, 0.1) is 5.75 Å². The van der Waals surface area contributed by atoms with Crippen molar-refractivity contribution in [1.29, 1.82) is 0 Å². The van der Waals surface area contributed by atoms with E-state index in [4.69, 9.17) is 10.2 Å². The molecule has 1 heterocycles. The third-order valence-corrected chi connectivity index (χ3v) is 2.90. The summed E-state index contributed by atoms with van der Waals surface area (Å²) in [6.45, 7) is 1.85. The van der Waals surface area contributed by atoms with E-state index >= 15 is 0 Å². The van der Waals surface area contributed by atoms with Gasteiger partial charge in [0.15, 0.2) is 0 Å². The third kappa shape index (κ3) is 3.05. The molecule has 0 aromatic carbocycles. The van der Waals surface area contributed by atoms with Crippen molar-refractivity contribution in [3.8, 4) is 11.8 Å². The van der Waals surface area contributed by atoms with Gasteiger partial charge in [0.1, 0.15) is 0 Å². The molecule has 1 rings (SSSR count). The minimum absolute atomic E-state index is 0.152. The van der Waals surface area contributed by atoms with Crippen LogP contribution in [0.2, 0.25) is 0 Å². The van der Waals surface area contributed by atoms with E-state index in [0.717, 1.165) is 12.1 Å². The fourth-order valence-electron chi connectivity index (χ4n) is 0.950. The van der Waals surface area contributed by atoms with Crippen molar-refractivity contribution in [3.05, 3.63) is 12.1 Å². The Balaban J connectivity index is 2.77. The number of hydrogen-bond acceptors (Lipinski definition) is 5. The molecule has 6 nitrogen and oxygen atoms in total. The SMILES string of the molecule is CCCCS(=O)(=O)On1c(O)ccc1O. The van der Waals surface area contributed by atoms with Crippen LogP contribution in [0.3, 0.4) is 0 Å². The van der Waals surface area contributed by atoms with Crippen LogP contribution in [0.25, 0.3) is 0 Å². The molecule has 0 unspecified atom stereocenters. The van der Waals surface area contributed by atoms with Crippen LogP contribution in [-0.2, 0) is 10.1 Å². The van der Waals surface area contributed by atoms with Crippen LogP contribution in [0, 0.1) is 0 Å². The van der Waals surface area contributed by atoms with Crippen LogP contribution in [0.5, 0.6) is 11.8 Å². The second-order valence-electron chi connectivity index (χ2n) is 3.03. The predicted octanol–water partition coefficient (Wildman–Crippen LogP) is 0.458. The molecule has 2 N–H and O–H groups in total. The molecule has 0 aliphatic heterocycles. The first-order chi connectivity index (χ1) is 6.96. The summed E-state index contributed by atoms with van der Waals surface area (Å²) in [5.41, 5.74) is 0. The number of aromatic hydroxyl groups is 2. The maximum atomic E-state index is 11.3. The van der Waals surface area contributed by atoms with Gasteiger partial charge in [-0.25, -0.2) is 0 Å². The standard InChI is InChI=1S/C8H13NO5S/c1-2-3-6-15(12,13)14-9-7(10)4-5-8(9)11/h4-5,10-11H,2-3,6H2,1H3. The fourth-order valence-corrected chi connectivity index (χ4v) is 2.05. The highest BCUT2D eigenvalue weighted by molar-refractivity contribution is 7.86. The molecule has 15 heavy (non-hydrogen) atoms. The Hall–Kier alpha value is -1.37. The lowest BCUT2D eigenvalue weighted by Gasteiger charge is -2.07. The van der Waals surface area contributed by atoms with Crippen molar-refractivity contribution < 1.29 is 22.9 Å². The highest BCUT2D eigenvalue weighted by Crippen LogP contribution is 2.19. The highest BCUT2D eigenvalue weighted by Gasteiger charge is 2.16. The molecule has 0 saturated carbocycles. The smallest absolute Gasteiger partial charge is 0.327 e. The molecule has 0 atom stereocenters. The molecular weight excluding hydrogens is 222 g/mol. The zero-order valence-electron chi connectivity index (χ0n) is 8.25. The summed E-state index contributed by atoms with van der Waals surface area (Å²) in [5.74, 6) is -1.08. The lowest BCUT2D eigenvalue weighted by atomic mass is 10.4. The van der Waals surface area contributed by atoms with E-state index in [0.29, 0.717) is 17.6 Å². The van der Waals surface area contributed by atoms with Crippen molar-refractivity contribution in [1.82, 2.24) is 4.73 Å². The van der Waals surface area contributed by atoms with E-state index in [2.05, 4.69) is 4.28 Å². The first kappa shape index (κ1) is 11.7. The van der Waals surface area contributed by atoms with Crippen LogP contribution in [0.15, 0.2) is 12.1 Å². The molecule has 0 aliphatic rings. The summed E-state index contributed by atoms with van der Waals surface area (Å²) < 4.78 is 27.5. The number of unbranched alkanes of at least 4 members (excludes halogenated alkanes) is 1. The van der Waals surface area contributed by atoms with Crippen molar-refractivity contribution in [2.75, 3.05) is 5.75 Å². The quantitative estimate of drug-likeness (QED) is 0.773. The molecule has 0 amide bonds. The molecule has 0 bridgehead atoms. The van der Waals surface area contributed by atoms with Crippen LogP contribution in [0.1, 0.15) is 19.8 Å². The van der Waals surface area contributed by atoms with Crippen molar-refractivity contribution in [2.24, 2.45) is 0 Å². The molecule has 0 fully saturated rings. The molecule has 86 valence electrons. The van der Waals surface area contributed by atoms with Crippen molar-refractivity contribution >= 4 is 10.1 Å². The van der Waals surface area contributed by atoms with E-state index in [1.807, 2.05) is 6.92 Å². The minimum atomic E-state index is -3.77. The predicted molar refractivity (Wildman–Crippen MR) is 53.0 cm³/mol. The van der Waals surface area contributed by atoms with E-state index in [1.165, 1.54) is 0 Å². The summed E-state index contributed by atoms with van der Waals surface area (Å²) in [4.78, 5) is 0. The molecule has 1 aromatic rings. The maximum absolute atomic E-state index is 11.3. The minimum Gasteiger partial charge on any atom is -0.492 e. The number of nitrogens with zero attached hydrogens (tertiary/aromatic N) is 1. The molecule has 0 spiro atoms. The Kier molecular flexibility index (Phi) is 3.46. The average Bonchev–Trinajstić information content (AvgIpc) is 2.46. The zero-order valence-corrected chi connectivity index (χ0v) is 9.07. The Morgan fingerprint density at radius 1 is 1.33 bits per heavy atom. The van der Waals surface area contributed by atoms with E-state index in [-0.39, 0.29) is 5.75 Å². The van der Waals surface area contributed by atoms with Gasteiger partial charge in [0.2, 0.25) is 11.8 Å². The van der Waals surface area contributed by atoms with E-state index in [9.17, 15) is 8.42 Å².